The first-order valence-electron chi connectivity index (χ1n) is 5.73. The number of aromatic nitrogens is 3. The summed E-state index contributed by atoms with van der Waals surface area (Å²) in [5.41, 5.74) is 6.75. The van der Waals surface area contributed by atoms with Crippen LogP contribution in [0.5, 0.6) is 0 Å². The number of carbonyl (C=O) groups is 1. The average molecular weight is 297 g/mol. The highest BCUT2D eigenvalue weighted by atomic mass is 32.2. The maximum atomic E-state index is 12.2. The van der Waals surface area contributed by atoms with Gasteiger partial charge in [0.2, 0.25) is 0 Å². The number of hydrogen-bond donors (Lipinski definition) is 3. The van der Waals surface area contributed by atoms with Gasteiger partial charge in [-0.1, -0.05) is 0 Å². The minimum atomic E-state index is -3.82. The number of H-pyrrole nitrogens is 1. The van der Waals surface area contributed by atoms with Crippen LogP contribution in [-0.4, -0.2) is 29.1 Å². The fourth-order valence-electron chi connectivity index (χ4n) is 1.70. The highest BCUT2D eigenvalue weighted by Gasteiger charge is 2.21. The molecule has 0 saturated carbocycles. The molecule has 0 bridgehead atoms. The minimum absolute atomic E-state index is 0.0474. The van der Waals surface area contributed by atoms with Crippen molar-refractivity contribution in [3.8, 4) is 0 Å². The van der Waals surface area contributed by atoms with E-state index in [1.54, 1.807) is 20.9 Å². The van der Waals surface area contributed by atoms with Crippen molar-refractivity contribution >= 4 is 21.7 Å². The number of nitrogens with one attached hydrogen (secondary N) is 2. The first-order valence-corrected chi connectivity index (χ1v) is 7.21. The van der Waals surface area contributed by atoms with Gasteiger partial charge in [-0.3, -0.25) is 14.6 Å². The molecule has 8 nitrogen and oxygen atoms in total. The average Bonchev–Trinajstić information content (AvgIpc) is 2.87. The number of hydrogen-bond acceptors (Lipinski definition) is 4. The van der Waals surface area contributed by atoms with Gasteiger partial charge in [-0.05, 0) is 19.9 Å². The summed E-state index contributed by atoms with van der Waals surface area (Å²) in [5, 5.41) is 6.57. The normalized spacial score (nSPS) is 11.6. The van der Waals surface area contributed by atoms with Crippen molar-refractivity contribution in [1.29, 1.82) is 0 Å². The van der Waals surface area contributed by atoms with E-state index in [1.807, 2.05) is 0 Å². The van der Waals surface area contributed by atoms with E-state index in [4.69, 9.17) is 5.73 Å². The predicted molar refractivity (Wildman–Crippen MR) is 72.8 cm³/mol. The van der Waals surface area contributed by atoms with Crippen LogP contribution in [0.25, 0.3) is 0 Å². The number of anilines is 1. The van der Waals surface area contributed by atoms with Crippen molar-refractivity contribution in [3.05, 3.63) is 29.2 Å². The van der Waals surface area contributed by atoms with Gasteiger partial charge in [-0.2, -0.15) is 5.10 Å². The molecule has 1 amide bonds. The van der Waals surface area contributed by atoms with Crippen molar-refractivity contribution in [1.82, 2.24) is 14.8 Å². The molecule has 0 atom stereocenters. The number of rotatable bonds is 4. The Morgan fingerprint density at radius 3 is 2.55 bits per heavy atom. The first kappa shape index (κ1) is 14.1. The quantitative estimate of drug-likeness (QED) is 0.749. The van der Waals surface area contributed by atoms with Crippen LogP contribution >= 0.6 is 0 Å². The summed E-state index contributed by atoms with van der Waals surface area (Å²) < 4.78 is 28.2. The van der Waals surface area contributed by atoms with E-state index in [0.717, 1.165) is 5.69 Å². The van der Waals surface area contributed by atoms with Crippen LogP contribution in [0.1, 0.15) is 21.7 Å². The standard InChI is InChI=1S/C11H15N5O3S/c1-6-7(2)13-14-11(6)15-20(18,19)8-4-9(10(12)17)16(3)5-8/h4-5H,1-3H3,(H2,12,17)(H2,13,14,15). The van der Waals surface area contributed by atoms with Gasteiger partial charge < -0.3 is 10.3 Å². The van der Waals surface area contributed by atoms with Gasteiger partial charge in [-0.15, -0.1) is 0 Å². The Bertz CT molecular complexity index is 772. The van der Waals surface area contributed by atoms with E-state index >= 15 is 0 Å². The molecule has 2 aromatic rings. The number of aryl methyl sites for hydroxylation is 2. The second-order valence-corrected chi connectivity index (χ2v) is 6.15. The third kappa shape index (κ3) is 2.39. The highest BCUT2D eigenvalue weighted by Crippen LogP contribution is 2.20. The van der Waals surface area contributed by atoms with Crippen LogP contribution < -0.4 is 10.5 Å². The molecule has 108 valence electrons. The molecule has 0 fully saturated rings. The number of sulfonamides is 1. The molecular weight excluding hydrogens is 282 g/mol. The molecule has 0 saturated heterocycles. The summed E-state index contributed by atoms with van der Waals surface area (Å²) in [6, 6.07) is 1.22. The van der Waals surface area contributed by atoms with Crippen molar-refractivity contribution in [2.45, 2.75) is 18.7 Å². The van der Waals surface area contributed by atoms with E-state index in [-0.39, 0.29) is 16.4 Å². The Hall–Kier alpha value is -2.29. The zero-order chi connectivity index (χ0) is 15.1. The molecule has 4 N–H and O–H groups in total. The van der Waals surface area contributed by atoms with E-state index in [0.29, 0.717) is 5.56 Å². The van der Waals surface area contributed by atoms with Crippen molar-refractivity contribution in [3.63, 3.8) is 0 Å². The van der Waals surface area contributed by atoms with Crippen molar-refractivity contribution < 1.29 is 13.2 Å². The number of nitrogens with two attached hydrogens (primary N) is 1. The zero-order valence-electron chi connectivity index (χ0n) is 11.3. The van der Waals surface area contributed by atoms with Crippen LogP contribution in [0.3, 0.4) is 0 Å². The molecule has 2 heterocycles. The van der Waals surface area contributed by atoms with Crippen LogP contribution in [0, 0.1) is 13.8 Å². The lowest BCUT2D eigenvalue weighted by molar-refractivity contribution is 0.0992. The topological polar surface area (TPSA) is 123 Å². The third-order valence-electron chi connectivity index (χ3n) is 3.03. The Labute approximate surface area is 116 Å². The molecule has 0 unspecified atom stereocenters. The highest BCUT2D eigenvalue weighted by molar-refractivity contribution is 7.92. The third-order valence-corrected chi connectivity index (χ3v) is 4.33. The second kappa shape index (κ2) is 4.67. The van der Waals surface area contributed by atoms with Crippen LogP contribution in [0.2, 0.25) is 0 Å². The second-order valence-electron chi connectivity index (χ2n) is 4.46. The fourth-order valence-corrected chi connectivity index (χ4v) is 2.83. The van der Waals surface area contributed by atoms with Crippen LogP contribution in [0.4, 0.5) is 5.82 Å². The summed E-state index contributed by atoms with van der Waals surface area (Å²) in [4.78, 5) is 11.1. The summed E-state index contributed by atoms with van der Waals surface area (Å²) in [6.45, 7) is 3.53. The minimum Gasteiger partial charge on any atom is -0.364 e. The molecular formula is C11H15N5O3S. The number of amides is 1. The predicted octanol–water partition coefficient (Wildman–Crippen LogP) is 0.265. The van der Waals surface area contributed by atoms with Gasteiger partial charge in [0.25, 0.3) is 15.9 Å². The lowest BCUT2D eigenvalue weighted by Gasteiger charge is -2.03. The van der Waals surface area contributed by atoms with E-state index in [1.165, 1.54) is 16.8 Å². The maximum absolute atomic E-state index is 12.2. The fraction of sp³-hybridized carbons (Fsp3) is 0.273. The van der Waals surface area contributed by atoms with Gasteiger partial charge in [0.15, 0.2) is 5.82 Å². The smallest absolute Gasteiger partial charge is 0.265 e. The zero-order valence-corrected chi connectivity index (χ0v) is 12.1. The van der Waals surface area contributed by atoms with Gasteiger partial charge in [0, 0.05) is 24.5 Å². The number of carbonyl (C=O) groups excluding carboxylic acids is 1. The molecule has 0 aliphatic heterocycles. The molecule has 0 aromatic carbocycles. The molecule has 9 heteroatoms. The molecule has 0 spiro atoms. The summed E-state index contributed by atoms with van der Waals surface area (Å²) in [7, 11) is -2.27. The molecule has 20 heavy (non-hydrogen) atoms. The first-order chi connectivity index (χ1) is 9.22. The summed E-state index contributed by atoms with van der Waals surface area (Å²) in [5.74, 6) is -0.465. The van der Waals surface area contributed by atoms with Gasteiger partial charge in [0.1, 0.15) is 10.6 Å². The van der Waals surface area contributed by atoms with Crippen molar-refractivity contribution in [2.24, 2.45) is 12.8 Å². The van der Waals surface area contributed by atoms with Gasteiger partial charge >= 0.3 is 0 Å². The van der Waals surface area contributed by atoms with E-state index < -0.39 is 15.9 Å². The SMILES string of the molecule is Cc1[nH]nc(NS(=O)(=O)c2cc(C(N)=O)n(C)c2)c1C. The molecule has 0 aliphatic rings. The number of primary amides is 1. The number of nitrogens with zero attached hydrogens (tertiary/aromatic N) is 2. The van der Waals surface area contributed by atoms with Crippen LogP contribution in [-0.2, 0) is 17.1 Å². The Morgan fingerprint density at radius 2 is 2.10 bits per heavy atom. The van der Waals surface area contributed by atoms with E-state index in [9.17, 15) is 13.2 Å². The Kier molecular flexibility index (Phi) is 3.30. The van der Waals surface area contributed by atoms with E-state index in [2.05, 4.69) is 14.9 Å². The van der Waals surface area contributed by atoms with Gasteiger partial charge in [-0.25, -0.2) is 8.42 Å². The van der Waals surface area contributed by atoms with Crippen molar-refractivity contribution in [2.75, 3.05) is 4.72 Å². The molecule has 2 rings (SSSR count). The summed E-state index contributed by atoms with van der Waals surface area (Å²) in [6.07, 6.45) is 1.32. The van der Waals surface area contributed by atoms with Gasteiger partial charge in [0.05, 0.1) is 0 Å². The Morgan fingerprint density at radius 1 is 1.45 bits per heavy atom. The van der Waals surface area contributed by atoms with Crippen LogP contribution in [0.15, 0.2) is 17.2 Å². The maximum Gasteiger partial charge on any atom is 0.265 e. The number of aromatic amines is 1. The molecule has 0 aliphatic carbocycles. The molecule has 2 aromatic heterocycles. The summed E-state index contributed by atoms with van der Waals surface area (Å²) >= 11 is 0. The monoisotopic (exact) mass is 297 g/mol. The Balaban J connectivity index is 2.38. The lowest BCUT2D eigenvalue weighted by atomic mass is 10.3. The lowest BCUT2D eigenvalue weighted by Crippen LogP contribution is -2.14. The largest absolute Gasteiger partial charge is 0.364 e. The molecule has 0 radical (unpaired) electrons.